The fraction of sp³-hybridized carbons (Fsp3) is 0.545. The van der Waals surface area contributed by atoms with Crippen LogP contribution in [0, 0.1) is 0 Å². The lowest BCUT2D eigenvalue weighted by Crippen LogP contribution is -2.33. The quantitative estimate of drug-likeness (QED) is 0.504. The molecule has 32 heavy (non-hydrogen) atoms. The number of benzene rings is 1. The topological polar surface area (TPSA) is 102 Å². The van der Waals surface area contributed by atoms with Crippen LogP contribution in [0.1, 0.15) is 25.7 Å². The van der Waals surface area contributed by atoms with Crippen LogP contribution in [0.15, 0.2) is 34.3 Å². The Bertz CT molecular complexity index is 859. The molecule has 2 N–H and O–H groups in total. The lowest BCUT2D eigenvalue weighted by molar-refractivity contribution is -0.119. The molecule has 2 aromatic rings. The van der Waals surface area contributed by atoms with Crippen molar-refractivity contribution in [3.63, 3.8) is 0 Å². The molecule has 3 heterocycles. The lowest BCUT2D eigenvalue weighted by atomic mass is 10.2. The minimum Gasteiger partial charge on any atom is -0.376 e. The number of para-hydroxylation sites is 2. The Labute approximate surface area is 196 Å². The summed E-state index contributed by atoms with van der Waals surface area (Å²) in [6.07, 6.45) is 4.29. The molecular formula is C22H28N4O4S2. The summed E-state index contributed by atoms with van der Waals surface area (Å²) in [5.74, 6) is 0.341. The molecule has 1 aromatic carbocycles. The smallest absolute Gasteiger partial charge is 0.230 e. The van der Waals surface area contributed by atoms with Crippen molar-refractivity contribution in [2.45, 2.75) is 47.9 Å². The normalized spacial score (nSPS) is 20.5. The highest BCUT2D eigenvalue weighted by Gasteiger charge is 2.19. The number of nitrogens with zero attached hydrogens (tertiary/aromatic N) is 2. The molecule has 8 nitrogen and oxygen atoms in total. The summed E-state index contributed by atoms with van der Waals surface area (Å²) in [7, 11) is 0. The third kappa shape index (κ3) is 6.81. The van der Waals surface area contributed by atoms with Gasteiger partial charge in [0, 0.05) is 26.3 Å². The zero-order valence-corrected chi connectivity index (χ0v) is 19.5. The van der Waals surface area contributed by atoms with E-state index in [1.165, 1.54) is 23.5 Å². The van der Waals surface area contributed by atoms with Crippen molar-refractivity contribution >= 4 is 46.4 Å². The molecule has 0 spiro atoms. The molecule has 10 heteroatoms. The summed E-state index contributed by atoms with van der Waals surface area (Å²) in [5, 5.41) is 7.18. The van der Waals surface area contributed by atoms with Crippen molar-refractivity contribution in [2.75, 3.05) is 37.8 Å². The number of rotatable bonds is 10. The highest BCUT2D eigenvalue weighted by Crippen LogP contribution is 2.29. The Morgan fingerprint density at radius 1 is 0.844 bits per heavy atom. The predicted octanol–water partition coefficient (Wildman–Crippen LogP) is 2.40. The minimum atomic E-state index is -0.0642. The number of ether oxygens (including phenoxy) is 2. The van der Waals surface area contributed by atoms with Crippen LogP contribution >= 0.6 is 23.5 Å². The van der Waals surface area contributed by atoms with Crippen molar-refractivity contribution in [3.8, 4) is 0 Å². The molecule has 1 aromatic heterocycles. The SMILES string of the molecule is O=C(CSc1nc2ccccc2nc1SCC(=O)NCC1CCCO1)NCC1CCCO1. The van der Waals surface area contributed by atoms with E-state index in [-0.39, 0.29) is 35.5 Å². The average molecular weight is 477 g/mol. The van der Waals surface area contributed by atoms with Crippen molar-refractivity contribution in [3.05, 3.63) is 24.3 Å². The highest BCUT2D eigenvalue weighted by molar-refractivity contribution is 8.02. The van der Waals surface area contributed by atoms with Gasteiger partial charge in [-0.2, -0.15) is 0 Å². The summed E-state index contributed by atoms with van der Waals surface area (Å²) in [4.78, 5) is 34.0. The summed E-state index contributed by atoms with van der Waals surface area (Å²) >= 11 is 2.68. The first kappa shape index (κ1) is 23.3. The Morgan fingerprint density at radius 2 is 1.31 bits per heavy atom. The maximum Gasteiger partial charge on any atom is 0.230 e. The van der Waals surface area contributed by atoms with E-state index in [1.54, 1.807) is 0 Å². The number of nitrogens with one attached hydrogen (secondary N) is 2. The van der Waals surface area contributed by atoms with Crippen LogP contribution in [-0.2, 0) is 19.1 Å². The lowest BCUT2D eigenvalue weighted by Gasteiger charge is -2.12. The first-order chi connectivity index (χ1) is 15.7. The molecule has 4 rings (SSSR count). The van der Waals surface area contributed by atoms with E-state index < -0.39 is 0 Å². The van der Waals surface area contributed by atoms with Gasteiger partial charge in [-0.3, -0.25) is 9.59 Å². The molecule has 0 aliphatic carbocycles. The Balaban J connectivity index is 1.33. The Kier molecular flexibility index (Phi) is 8.61. The number of carbonyl (C=O) groups is 2. The summed E-state index contributed by atoms with van der Waals surface area (Å²) in [6.45, 7) is 2.61. The molecule has 2 atom stereocenters. The molecule has 0 saturated carbocycles. The number of carbonyl (C=O) groups excluding carboxylic acids is 2. The van der Waals surface area contributed by atoms with E-state index >= 15 is 0 Å². The third-order valence-electron chi connectivity index (χ3n) is 5.29. The fourth-order valence-corrected chi connectivity index (χ4v) is 5.35. The van der Waals surface area contributed by atoms with Crippen molar-refractivity contribution in [1.29, 1.82) is 0 Å². The van der Waals surface area contributed by atoms with Gasteiger partial charge in [-0.1, -0.05) is 35.7 Å². The van der Waals surface area contributed by atoms with E-state index in [2.05, 4.69) is 10.6 Å². The second-order valence-corrected chi connectivity index (χ2v) is 9.71. The van der Waals surface area contributed by atoms with Crippen LogP contribution < -0.4 is 10.6 Å². The zero-order chi connectivity index (χ0) is 22.2. The van der Waals surface area contributed by atoms with Crippen LogP contribution in [0.25, 0.3) is 11.0 Å². The van der Waals surface area contributed by atoms with Gasteiger partial charge in [-0.25, -0.2) is 9.97 Å². The van der Waals surface area contributed by atoms with E-state index in [1.807, 2.05) is 24.3 Å². The van der Waals surface area contributed by atoms with E-state index in [4.69, 9.17) is 19.4 Å². The maximum atomic E-state index is 12.3. The van der Waals surface area contributed by atoms with Crippen LogP contribution in [0.4, 0.5) is 0 Å². The van der Waals surface area contributed by atoms with Crippen molar-refractivity contribution in [2.24, 2.45) is 0 Å². The molecule has 0 bridgehead atoms. The first-order valence-corrected chi connectivity index (χ1v) is 12.9. The number of hydrogen-bond acceptors (Lipinski definition) is 8. The average Bonchev–Trinajstić information content (AvgIpc) is 3.52. The minimum absolute atomic E-state index is 0.0642. The summed E-state index contributed by atoms with van der Waals surface area (Å²) < 4.78 is 11.1. The fourth-order valence-electron chi connectivity index (χ4n) is 3.59. The highest BCUT2D eigenvalue weighted by atomic mass is 32.2. The number of fused-ring (bicyclic) bond motifs is 1. The number of aromatic nitrogens is 2. The van der Waals surface area contributed by atoms with Crippen molar-refractivity contribution in [1.82, 2.24) is 20.6 Å². The molecular weight excluding hydrogens is 448 g/mol. The maximum absolute atomic E-state index is 12.3. The van der Waals surface area contributed by atoms with Gasteiger partial charge in [0.05, 0.1) is 34.7 Å². The van der Waals surface area contributed by atoms with Gasteiger partial charge in [0.1, 0.15) is 10.1 Å². The molecule has 172 valence electrons. The Hall–Kier alpha value is -1.88. The van der Waals surface area contributed by atoms with Crippen LogP contribution in [0.3, 0.4) is 0 Å². The van der Waals surface area contributed by atoms with Gasteiger partial charge < -0.3 is 20.1 Å². The standard InChI is InChI=1S/C22H28N4O4S2/c27-19(23-11-15-5-3-9-29-15)13-31-21-22(26-18-8-2-1-7-17(18)25-21)32-14-20(28)24-12-16-6-4-10-30-16/h1-2,7-8,15-16H,3-6,9-14H2,(H,23,27)(H,24,28). The molecule has 2 aliphatic heterocycles. The Morgan fingerprint density at radius 3 is 1.72 bits per heavy atom. The third-order valence-corrected chi connectivity index (χ3v) is 7.35. The van der Waals surface area contributed by atoms with Gasteiger partial charge in [0.15, 0.2) is 0 Å². The number of thioether (sulfide) groups is 2. The zero-order valence-electron chi connectivity index (χ0n) is 17.9. The largest absolute Gasteiger partial charge is 0.376 e. The van der Waals surface area contributed by atoms with E-state index in [0.717, 1.165) is 49.9 Å². The van der Waals surface area contributed by atoms with Gasteiger partial charge in [0.25, 0.3) is 0 Å². The summed E-state index contributed by atoms with van der Waals surface area (Å²) in [5.41, 5.74) is 1.53. The van der Waals surface area contributed by atoms with Crippen LogP contribution in [0.2, 0.25) is 0 Å². The van der Waals surface area contributed by atoms with Gasteiger partial charge >= 0.3 is 0 Å². The molecule has 2 saturated heterocycles. The monoisotopic (exact) mass is 476 g/mol. The summed E-state index contributed by atoms with van der Waals surface area (Å²) in [6, 6.07) is 7.61. The second kappa shape index (κ2) is 11.8. The van der Waals surface area contributed by atoms with Crippen molar-refractivity contribution < 1.29 is 19.1 Å². The van der Waals surface area contributed by atoms with Crippen LogP contribution in [-0.4, -0.2) is 71.8 Å². The molecule has 2 aliphatic rings. The molecule has 2 unspecified atom stereocenters. The van der Waals surface area contributed by atoms with E-state index in [9.17, 15) is 9.59 Å². The molecule has 0 radical (unpaired) electrons. The number of hydrogen-bond donors (Lipinski definition) is 2. The van der Waals surface area contributed by atoms with Gasteiger partial charge in [-0.05, 0) is 37.8 Å². The van der Waals surface area contributed by atoms with Gasteiger partial charge in [0.2, 0.25) is 11.8 Å². The predicted molar refractivity (Wildman–Crippen MR) is 125 cm³/mol. The number of amides is 2. The second-order valence-electron chi connectivity index (χ2n) is 7.78. The van der Waals surface area contributed by atoms with Crippen LogP contribution in [0.5, 0.6) is 0 Å². The van der Waals surface area contributed by atoms with Gasteiger partial charge in [-0.15, -0.1) is 0 Å². The molecule has 2 fully saturated rings. The molecule has 2 amide bonds. The van der Waals surface area contributed by atoms with E-state index in [0.29, 0.717) is 23.1 Å². The first-order valence-electron chi connectivity index (χ1n) is 11.0.